The Kier molecular flexibility index (Phi) is 4.31. The molecule has 106 valence electrons. The molecule has 0 aliphatic rings. The first-order chi connectivity index (χ1) is 10.1. The number of carboxylic acid groups (broad SMARTS) is 1. The van der Waals surface area contributed by atoms with Gasteiger partial charge in [-0.25, -0.2) is 9.78 Å². The Labute approximate surface area is 120 Å². The number of nitrogens with one attached hydrogen (secondary N) is 1. The molecule has 21 heavy (non-hydrogen) atoms. The van der Waals surface area contributed by atoms with E-state index in [0.717, 1.165) is 0 Å². The van der Waals surface area contributed by atoms with Crippen LogP contribution < -0.4 is 5.32 Å². The smallest absolute Gasteiger partial charge is 0.356 e. The molecule has 1 heterocycles. The summed E-state index contributed by atoms with van der Waals surface area (Å²) in [6, 6.07) is 8.36. The maximum atomic E-state index is 11.9. The van der Waals surface area contributed by atoms with E-state index in [4.69, 9.17) is 10.4 Å². The highest BCUT2D eigenvalue weighted by molar-refractivity contribution is 5.94. The monoisotopic (exact) mass is 284 g/mol. The zero-order valence-electron chi connectivity index (χ0n) is 11.0. The Morgan fingerprint density at radius 3 is 2.90 bits per heavy atom. The van der Waals surface area contributed by atoms with Gasteiger partial charge < -0.3 is 15.0 Å². The van der Waals surface area contributed by atoms with Crippen molar-refractivity contribution < 1.29 is 14.7 Å². The first kappa shape index (κ1) is 14.3. The summed E-state index contributed by atoms with van der Waals surface area (Å²) in [5.41, 5.74) is 0.789. The first-order valence-corrected chi connectivity index (χ1v) is 6.13. The minimum atomic E-state index is -1.09. The van der Waals surface area contributed by atoms with Crippen LogP contribution in [0.15, 0.2) is 36.8 Å². The molecule has 0 saturated heterocycles. The Balaban J connectivity index is 1.89. The molecule has 0 unspecified atom stereocenters. The van der Waals surface area contributed by atoms with Gasteiger partial charge in [-0.2, -0.15) is 5.26 Å². The van der Waals surface area contributed by atoms with Gasteiger partial charge in [-0.1, -0.05) is 6.07 Å². The minimum absolute atomic E-state index is 0.0388. The highest BCUT2D eigenvalue weighted by Crippen LogP contribution is 2.03. The number of carboxylic acids is 1. The molecule has 2 rings (SSSR count). The van der Waals surface area contributed by atoms with E-state index in [2.05, 4.69) is 10.3 Å². The zero-order chi connectivity index (χ0) is 15.2. The summed E-state index contributed by atoms with van der Waals surface area (Å²) >= 11 is 0. The number of nitriles is 1. The molecule has 1 aromatic carbocycles. The topological polar surface area (TPSA) is 108 Å². The second-order valence-electron chi connectivity index (χ2n) is 4.25. The summed E-state index contributed by atoms with van der Waals surface area (Å²) in [4.78, 5) is 26.3. The van der Waals surface area contributed by atoms with Gasteiger partial charge in [0.05, 0.1) is 18.0 Å². The molecule has 1 aromatic heterocycles. The first-order valence-electron chi connectivity index (χ1n) is 6.13. The molecule has 0 spiro atoms. The molecular weight excluding hydrogens is 272 g/mol. The summed E-state index contributed by atoms with van der Waals surface area (Å²) in [5.74, 6) is -1.38. The third-order valence-corrected chi connectivity index (χ3v) is 2.76. The Bertz CT molecular complexity index is 715. The number of hydrogen-bond donors (Lipinski definition) is 2. The molecule has 0 bridgehead atoms. The van der Waals surface area contributed by atoms with Crippen LogP contribution in [0.25, 0.3) is 0 Å². The number of nitrogens with zero attached hydrogens (tertiary/aromatic N) is 3. The van der Waals surface area contributed by atoms with E-state index in [1.165, 1.54) is 18.6 Å². The number of aromatic nitrogens is 2. The fourth-order valence-electron chi connectivity index (χ4n) is 1.72. The number of amides is 1. The lowest BCUT2D eigenvalue weighted by atomic mass is 10.1. The number of carbonyl (C=O) groups is 2. The lowest BCUT2D eigenvalue weighted by molar-refractivity contribution is 0.0690. The number of rotatable bonds is 5. The van der Waals surface area contributed by atoms with Crippen molar-refractivity contribution in [3.05, 3.63) is 53.6 Å². The molecule has 0 aliphatic heterocycles. The van der Waals surface area contributed by atoms with Crippen molar-refractivity contribution in [2.24, 2.45) is 0 Å². The van der Waals surface area contributed by atoms with Crippen LogP contribution >= 0.6 is 0 Å². The summed E-state index contributed by atoms with van der Waals surface area (Å²) in [6.45, 7) is 0.731. The third kappa shape index (κ3) is 3.67. The molecule has 2 aromatic rings. The minimum Gasteiger partial charge on any atom is -0.476 e. The van der Waals surface area contributed by atoms with Gasteiger partial charge in [0.2, 0.25) is 0 Å². The van der Waals surface area contributed by atoms with Crippen molar-refractivity contribution in [3.63, 3.8) is 0 Å². The van der Waals surface area contributed by atoms with E-state index < -0.39 is 5.97 Å². The highest BCUT2D eigenvalue weighted by Gasteiger charge is 2.08. The molecule has 0 fully saturated rings. The second-order valence-corrected chi connectivity index (χ2v) is 4.25. The van der Waals surface area contributed by atoms with Gasteiger partial charge in [-0.15, -0.1) is 0 Å². The van der Waals surface area contributed by atoms with Gasteiger partial charge in [-0.05, 0) is 18.2 Å². The van der Waals surface area contributed by atoms with E-state index in [-0.39, 0.29) is 11.6 Å². The van der Waals surface area contributed by atoms with Crippen LogP contribution in [0, 0.1) is 11.3 Å². The Hall–Kier alpha value is -3.14. The molecule has 0 saturated carbocycles. The van der Waals surface area contributed by atoms with Gasteiger partial charge in [0, 0.05) is 24.8 Å². The number of carbonyl (C=O) groups excluding carboxylic acids is 1. The summed E-state index contributed by atoms with van der Waals surface area (Å²) < 4.78 is 1.58. The van der Waals surface area contributed by atoms with E-state index in [1.54, 1.807) is 22.8 Å². The molecule has 1 amide bonds. The number of aromatic carboxylic acids is 1. The maximum absolute atomic E-state index is 11.9. The highest BCUT2D eigenvalue weighted by atomic mass is 16.4. The molecule has 0 aliphatic carbocycles. The molecule has 7 heteroatoms. The van der Waals surface area contributed by atoms with Crippen molar-refractivity contribution in [2.75, 3.05) is 6.54 Å². The van der Waals surface area contributed by atoms with Crippen LogP contribution in [-0.4, -0.2) is 33.1 Å². The van der Waals surface area contributed by atoms with Crippen LogP contribution in [0.3, 0.4) is 0 Å². The lowest BCUT2D eigenvalue weighted by Gasteiger charge is -2.06. The standard InChI is InChI=1S/C14H12N4O3/c15-7-10-2-1-3-11(6-10)13(19)16-4-5-18-8-12(14(20)21)17-9-18/h1-3,6,8-9H,4-5H2,(H,16,19)(H,20,21). The van der Waals surface area contributed by atoms with Crippen LogP contribution in [0.4, 0.5) is 0 Å². The van der Waals surface area contributed by atoms with Gasteiger partial charge >= 0.3 is 5.97 Å². The summed E-state index contributed by atoms with van der Waals surface area (Å²) in [6.07, 6.45) is 2.79. The van der Waals surface area contributed by atoms with Crippen molar-refractivity contribution >= 4 is 11.9 Å². The normalized spacial score (nSPS) is 9.86. The van der Waals surface area contributed by atoms with Crippen molar-refractivity contribution in [3.8, 4) is 6.07 Å². The lowest BCUT2D eigenvalue weighted by Crippen LogP contribution is -2.27. The SMILES string of the molecule is N#Cc1cccc(C(=O)NCCn2cnc(C(=O)O)c2)c1. The second kappa shape index (κ2) is 6.34. The number of benzene rings is 1. The van der Waals surface area contributed by atoms with Crippen molar-refractivity contribution in [2.45, 2.75) is 6.54 Å². The van der Waals surface area contributed by atoms with Crippen LogP contribution in [0.1, 0.15) is 26.4 Å². The van der Waals surface area contributed by atoms with Gasteiger partial charge in [0.15, 0.2) is 5.69 Å². The molecular formula is C14H12N4O3. The zero-order valence-corrected chi connectivity index (χ0v) is 11.0. The number of imidazole rings is 1. The Morgan fingerprint density at radius 1 is 1.43 bits per heavy atom. The van der Waals surface area contributed by atoms with Crippen LogP contribution in [-0.2, 0) is 6.54 Å². The quantitative estimate of drug-likeness (QED) is 0.847. The van der Waals surface area contributed by atoms with Gasteiger partial charge in [0.25, 0.3) is 5.91 Å². The fourth-order valence-corrected chi connectivity index (χ4v) is 1.72. The fraction of sp³-hybridized carbons (Fsp3) is 0.143. The van der Waals surface area contributed by atoms with Gasteiger partial charge in [-0.3, -0.25) is 4.79 Å². The van der Waals surface area contributed by atoms with Crippen LogP contribution in [0.5, 0.6) is 0 Å². The predicted molar refractivity (Wildman–Crippen MR) is 72.7 cm³/mol. The third-order valence-electron chi connectivity index (χ3n) is 2.76. The van der Waals surface area contributed by atoms with Crippen molar-refractivity contribution in [1.29, 1.82) is 5.26 Å². The molecule has 7 nitrogen and oxygen atoms in total. The largest absolute Gasteiger partial charge is 0.476 e. The predicted octanol–water partition coefficient (Wildman–Crippen LogP) is 0.883. The molecule has 0 atom stereocenters. The van der Waals surface area contributed by atoms with Crippen LogP contribution in [0.2, 0.25) is 0 Å². The average Bonchev–Trinajstić information content (AvgIpc) is 2.96. The Morgan fingerprint density at radius 2 is 2.24 bits per heavy atom. The maximum Gasteiger partial charge on any atom is 0.356 e. The van der Waals surface area contributed by atoms with Gasteiger partial charge in [0.1, 0.15) is 0 Å². The van der Waals surface area contributed by atoms with E-state index >= 15 is 0 Å². The summed E-state index contributed by atoms with van der Waals surface area (Å²) in [7, 11) is 0. The van der Waals surface area contributed by atoms with E-state index in [1.807, 2.05) is 6.07 Å². The van der Waals surface area contributed by atoms with Crippen molar-refractivity contribution in [1.82, 2.24) is 14.9 Å². The van der Waals surface area contributed by atoms with E-state index in [0.29, 0.717) is 24.2 Å². The average molecular weight is 284 g/mol. The molecule has 2 N–H and O–H groups in total. The van der Waals surface area contributed by atoms with E-state index in [9.17, 15) is 9.59 Å². The number of hydrogen-bond acceptors (Lipinski definition) is 4. The summed E-state index contributed by atoms with van der Waals surface area (Å²) in [5, 5.41) is 20.2. The molecule has 0 radical (unpaired) electrons.